The Kier molecular flexibility index (Phi) is 5.63. The van der Waals surface area contributed by atoms with Gasteiger partial charge in [0.1, 0.15) is 5.82 Å². The molecule has 5 heteroatoms. The minimum absolute atomic E-state index is 0.175. The van der Waals surface area contributed by atoms with E-state index < -0.39 is 0 Å². The molecular formula is C23H26FN3O. The maximum absolute atomic E-state index is 14.6. The lowest BCUT2D eigenvalue weighted by atomic mass is 9.88. The summed E-state index contributed by atoms with van der Waals surface area (Å²) in [6, 6.07) is 13.1. The predicted molar refractivity (Wildman–Crippen MR) is 113 cm³/mol. The summed E-state index contributed by atoms with van der Waals surface area (Å²) in [5.41, 5.74) is 6.67. The number of allylic oxidation sites excluding steroid dienone is 1. The molecular weight excluding hydrogens is 353 g/mol. The van der Waals surface area contributed by atoms with Gasteiger partial charge in [0.15, 0.2) is 0 Å². The first-order valence-corrected chi connectivity index (χ1v) is 9.41. The minimum atomic E-state index is -0.363. The molecule has 0 bridgehead atoms. The van der Waals surface area contributed by atoms with Crippen LogP contribution in [0.1, 0.15) is 43.9 Å². The first kappa shape index (κ1) is 19.8. The van der Waals surface area contributed by atoms with Crippen molar-refractivity contribution in [2.24, 2.45) is 5.10 Å². The molecule has 1 aliphatic heterocycles. The summed E-state index contributed by atoms with van der Waals surface area (Å²) in [6.07, 6.45) is 4.50. The van der Waals surface area contributed by atoms with E-state index >= 15 is 0 Å². The Hall–Kier alpha value is -2.95. The van der Waals surface area contributed by atoms with E-state index in [1.807, 2.05) is 44.3 Å². The van der Waals surface area contributed by atoms with Gasteiger partial charge in [-0.3, -0.25) is 4.79 Å². The van der Waals surface area contributed by atoms with Gasteiger partial charge in [0, 0.05) is 30.3 Å². The molecule has 1 N–H and O–H groups in total. The number of rotatable bonds is 5. The van der Waals surface area contributed by atoms with Gasteiger partial charge in [0.25, 0.3) is 0 Å². The maximum atomic E-state index is 14.6. The van der Waals surface area contributed by atoms with Crippen LogP contribution in [0.3, 0.4) is 0 Å². The lowest BCUT2D eigenvalue weighted by molar-refractivity contribution is -0.121. The van der Waals surface area contributed by atoms with E-state index in [-0.39, 0.29) is 17.3 Å². The molecule has 0 spiro atoms. The maximum Gasteiger partial charge on any atom is 0.240 e. The van der Waals surface area contributed by atoms with E-state index in [9.17, 15) is 9.18 Å². The number of halogens is 1. The highest BCUT2D eigenvalue weighted by atomic mass is 19.1. The monoisotopic (exact) mass is 379 g/mol. The molecule has 28 heavy (non-hydrogen) atoms. The number of likely N-dealkylation sites (N-methyl/N-ethyl adjacent to an activating group) is 1. The summed E-state index contributed by atoms with van der Waals surface area (Å²) < 4.78 is 14.6. The highest BCUT2D eigenvalue weighted by molar-refractivity contribution is 5.88. The Morgan fingerprint density at radius 3 is 2.68 bits per heavy atom. The lowest BCUT2D eigenvalue weighted by Crippen LogP contribution is -2.42. The van der Waals surface area contributed by atoms with Crippen molar-refractivity contribution >= 4 is 23.4 Å². The van der Waals surface area contributed by atoms with Gasteiger partial charge in [-0.1, -0.05) is 36.4 Å². The van der Waals surface area contributed by atoms with E-state index in [2.05, 4.69) is 35.4 Å². The Bertz CT molecular complexity index is 932. The fraction of sp³-hybridized carbons (Fsp3) is 0.304. The molecule has 0 fully saturated rings. The van der Waals surface area contributed by atoms with Crippen molar-refractivity contribution in [3.05, 3.63) is 71.0 Å². The third-order valence-corrected chi connectivity index (χ3v) is 5.21. The number of amides is 1. The molecule has 146 valence electrons. The van der Waals surface area contributed by atoms with Gasteiger partial charge in [-0.2, -0.15) is 5.10 Å². The van der Waals surface area contributed by atoms with Crippen molar-refractivity contribution < 1.29 is 9.18 Å². The van der Waals surface area contributed by atoms with Crippen LogP contribution in [0.15, 0.2) is 53.6 Å². The Morgan fingerprint density at radius 2 is 1.96 bits per heavy atom. The van der Waals surface area contributed by atoms with Crippen molar-refractivity contribution in [3.63, 3.8) is 0 Å². The van der Waals surface area contributed by atoms with Crippen LogP contribution >= 0.6 is 0 Å². The van der Waals surface area contributed by atoms with Gasteiger partial charge >= 0.3 is 0 Å². The van der Waals surface area contributed by atoms with E-state index in [1.165, 1.54) is 12.3 Å². The van der Waals surface area contributed by atoms with Crippen molar-refractivity contribution in [1.82, 2.24) is 5.43 Å². The molecule has 2 aromatic rings. The van der Waals surface area contributed by atoms with E-state index in [0.717, 1.165) is 22.4 Å². The zero-order valence-corrected chi connectivity index (χ0v) is 16.8. The van der Waals surface area contributed by atoms with Crippen LogP contribution in [0, 0.1) is 5.82 Å². The van der Waals surface area contributed by atoms with Crippen LogP contribution in [-0.4, -0.2) is 24.7 Å². The Labute approximate surface area is 165 Å². The number of nitrogens with zero attached hydrogens (tertiary/aromatic N) is 2. The van der Waals surface area contributed by atoms with Gasteiger partial charge in [-0.15, -0.1) is 0 Å². The molecule has 0 aromatic heterocycles. The summed E-state index contributed by atoms with van der Waals surface area (Å²) in [4.78, 5) is 14.0. The largest absolute Gasteiger partial charge is 0.365 e. The normalized spacial score (nSPS) is 15.3. The Balaban J connectivity index is 1.68. The van der Waals surface area contributed by atoms with Crippen LogP contribution in [0.25, 0.3) is 5.57 Å². The van der Waals surface area contributed by atoms with Crippen LogP contribution in [-0.2, 0) is 11.2 Å². The zero-order chi connectivity index (χ0) is 20.3. The minimum Gasteiger partial charge on any atom is -0.365 e. The summed E-state index contributed by atoms with van der Waals surface area (Å²) in [6.45, 7) is 6.22. The predicted octanol–water partition coefficient (Wildman–Crippen LogP) is 4.54. The molecule has 3 rings (SSSR count). The highest BCUT2D eigenvalue weighted by Crippen LogP contribution is 2.38. The van der Waals surface area contributed by atoms with Crippen LogP contribution < -0.4 is 10.3 Å². The second kappa shape index (κ2) is 7.97. The molecule has 2 aromatic carbocycles. The summed E-state index contributed by atoms with van der Waals surface area (Å²) in [7, 11) is 1.96. The lowest BCUT2D eigenvalue weighted by Gasteiger charge is -2.40. The fourth-order valence-electron chi connectivity index (χ4n) is 3.42. The number of hydrogen-bond acceptors (Lipinski definition) is 3. The second-order valence-electron chi connectivity index (χ2n) is 7.71. The third-order valence-electron chi connectivity index (χ3n) is 5.21. The van der Waals surface area contributed by atoms with Gasteiger partial charge in [-0.05, 0) is 50.5 Å². The molecule has 1 amide bonds. The van der Waals surface area contributed by atoms with Crippen molar-refractivity contribution in [3.8, 4) is 0 Å². The number of carbonyl (C=O) groups is 1. The number of carbonyl (C=O) groups excluding carboxylic acids is 1. The topological polar surface area (TPSA) is 44.7 Å². The molecule has 4 nitrogen and oxygen atoms in total. The number of hydrogen-bond donors (Lipinski definition) is 1. The van der Waals surface area contributed by atoms with Gasteiger partial charge in [-0.25, -0.2) is 9.82 Å². The van der Waals surface area contributed by atoms with Crippen LogP contribution in [0.5, 0.6) is 0 Å². The van der Waals surface area contributed by atoms with Gasteiger partial charge in [0.05, 0.1) is 11.8 Å². The third kappa shape index (κ3) is 4.30. The Morgan fingerprint density at radius 1 is 1.25 bits per heavy atom. The first-order chi connectivity index (χ1) is 13.3. The van der Waals surface area contributed by atoms with Crippen molar-refractivity contribution in [2.75, 3.05) is 11.9 Å². The smallest absolute Gasteiger partial charge is 0.240 e. The summed E-state index contributed by atoms with van der Waals surface area (Å²) in [5.74, 6) is -0.561. The van der Waals surface area contributed by atoms with E-state index in [4.69, 9.17) is 0 Å². The molecule has 0 aliphatic carbocycles. The molecule has 0 saturated heterocycles. The molecule has 1 aliphatic rings. The highest BCUT2D eigenvalue weighted by Gasteiger charge is 2.29. The SMILES string of the molecule is CC1=CC(C)(C)N(C)c2cc(F)c(/C=N/NC(=O)CCc3ccccc3)cc21. The number of anilines is 1. The average molecular weight is 379 g/mol. The molecule has 0 atom stereocenters. The van der Waals surface area contributed by atoms with Crippen LogP contribution in [0.4, 0.5) is 10.1 Å². The number of aryl methyl sites for hydroxylation is 1. The first-order valence-electron chi connectivity index (χ1n) is 9.41. The fourth-order valence-corrected chi connectivity index (χ4v) is 3.42. The summed E-state index contributed by atoms with van der Waals surface area (Å²) in [5, 5.41) is 3.94. The molecule has 0 unspecified atom stereocenters. The van der Waals surface area contributed by atoms with E-state index in [1.54, 1.807) is 6.07 Å². The standard InChI is InChI=1S/C23H26FN3O/c1-16-14-23(2,3)27(4)21-13-20(24)18(12-19(16)21)15-25-26-22(28)11-10-17-8-6-5-7-9-17/h5-9,12-15H,10-11H2,1-4H3,(H,26,28)/b25-15+. The van der Waals surface area contributed by atoms with Crippen molar-refractivity contribution in [2.45, 2.75) is 39.2 Å². The van der Waals surface area contributed by atoms with Crippen LogP contribution in [0.2, 0.25) is 0 Å². The van der Waals surface area contributed by atoms with E-state index in [0.29, 0.717) is 18.4 Å². The number of nitrogens with one attached hydrogen (secondary N) is 1. The van der Waals surface area contributed by atoms with Crippen molar-refractivity contribution in [1.29, 1.82) is 0 Å². The summed E-state index contributed by atoms with van der Waals surface area (Å²) >= 11 is 0. The molecule has 1 heterocycles. The zero-order valence-electron chi connectivity index (χ0n) is 16.8. The molecule has 0 saturated carbocycles. The number of benzene rings is 2. The second-order valence-corrected chi connectivity index (χ2v) is 7.71. The quantitative estimate of drug-likeness (QED) is 0.612. The molecule has 0 radical (unpaired) electrons. The number of hydrazone groups is 1. The van der Waals surface area contributed by atoms with Gasteiger partial charge in [0.2, 0.25) is 5.91 Å². The average Bonchev–Trinajstić information content (AvgIpc) is 2.66. The number of fused-ring (bicyclic) bond motifs is 1. The van der Waals surface area contributed by atoms with Gasteiger partial charge < -0.3 is 4.90 Å².